The van der Waals surface area contributed by atoms with Crippen molar-refractivity contribution in [2.75, 3.05) is 0 Å². The van der Waals surface area contributed by atoms with E-state index in [4.69, 9.17) is 0 Å². The van der Waals surface area contributed by atoms with Crippen LogP contribution < -0.4 is 0 Å². The van der Waals surface area contributed by atoms with Crippen molar-refractivity contribution in [3.05, 3.63) is 23.4 Å². The number of hydrogen-bond donors (Lipinski definition) is 0. The molecule has 2 aromatic heterocycles. The monoisotopic (exact) mass is 162 g/mol. The van der Waals surface area contributed by atoms with Crippen molar-refractivity contribution >= 4 is 11.9 Å². The highest BCUT2D eigenvalue weighted by molar-refractivity contribution is 5.75. The van der Waals surface area contributed by atoms with Crippen LogP contribution in [0.25, 0.3) is 5.65 Å². The van der Waals surface area contributed by atoms with E-state index in [1.165, 1.54) is 4.52 Å². The SMILES string of the molecule is Cc1cc(C=O)cn2nnnc12. The van der Waals surface area contributed by atoms with E-state index in [9.17, 15) is 4.79 Å². The molecule has 0 aliphatic heterocycles. The zero-order chi connectivity index (χ0) is 8.55. The molecule has 0 radical (unpaired) electrons. The Balaban J connectivity index is 2.83. The van der Waals surface area contributed by atoms with Gasteiger partial charge in [-0.1, -0.05) is 0 Å². The molecule has 0 aromatic carbocycles. The fourth-order valence-electron chi connectivity index (χ4n) is 1.10. The van der Waals surface area contributed by atoms with E-state index >= 15 is 0 Å². The van der Waals surface area contributed by atoms with Gasteiger partial charge in [-0.3, -0.25) is 4.79 Å². The van der Waals surface area contributed by atoms with Crippen molar-refractivity contribution in [3.8, 4) is 0 Å². The molecule has 5 heteroatoms. The molecular weight excluding hydrogens is 156 g/mol. The van der Waals surface area contributed by atoms with Gasteiger partial charge in [0.1, 0.15) is 0 Å². The van der Waals surface area contributed by atoms with Crippen LogP contribution in [-0.2, 0) is 0 Å². The van der Waals surface area contributed by atoms with E-state index in [0.717, 1.165) is 11.8 Å². The highest BCUT2D eigenvalue weighted by Crippen LogP contribution is 2.06. The van der Waals surface area contributed by atoms with Crippen molar-refractivity contribution in [1.82, 2.24) is 20.0 Å². The van der Waals surface area contributed by atoms with Gasteiger partial charge >= 0.3 is 0 Å². The Kier molecular flexibility index (Phi) is 1.36. The fraction of sp³-hybridized carbons (Fsp3) is 0.143. The predicted molar refractivity (Wildman–Crippen MR) is 40.9 cm³/mol. The molecule has 12 heavy (non-hydrogen) atoms. The Morgan fingerprint density at radius 3 is 3.17 bits per heavy atom. The average molecular weight is 162 g/mol. The molecule has 0 aliphatic rings. The molecule has 2 rings (SSSR count). The number of aldehydes is 1. The van der Waals surface area contributed by atoms with Crippen molar-refractivity contribution in [3.63, 3.8) is 0 Å². The molecule has 0 saturated carbocycles. The maximum atomic E-state index is 10.4. The minimum absolute atomic E-state index is 0.576. The summed E-state index contributed by atoms with van der Waals surface area (Å²) in [6.07, 6.45) is 2.36. The van der Waals surface area contributed by atoms with E-state index in [-0.39, 0.29) is 0 Å². The van der Waals surface area contributed by atoms with Gasteiger partial charge in [0.15, 0.2) is 11.9 Å². The van der Waals surface area contributed by atoms with Crippen molar-refractivity contribution in [2.24, 2.45) is 0 Å². The summed E-state index contributed by atoms with van der Waals surface area (Å²) >= 11 is 0. The normalized spacial score (nSPS) is 10.4. The summed E-state index contributed by atoms with van der Waals surface area (Å²) in [5.74, 6) is 0. The maximum Gasteiger partial charge on any atom is 0.182 e. The van der Waals surface area contributed by atoms with Crippen LogP contribution in [0.15, 0.2) is 12.3 Å². The number of nitrogens with zero attached hydrogens (tertiary/aromatic N) is 4. The molecular formula is C7H6N4O. The third-order valence-corrected chi connectivity index (χ3v) is 1.64. The first kappa shape index (κ1) is 6.90. The van der Waals surface area contributed by atoms with Crippen LogP contribution in [0.1, 0.15) is 15.9 Å². The van der Waals surface area contributed by atoms with E-state index in [1.54, 1.807) is 12.3 Å². The number of fused-ring (bicyclic) bond motifs is 1. The van der Waals surface area contributed by atoms with Gasteiger partial charge in [0, 0.05) is 11.8 Å². The third-order valence-electron chi connectivity index (χ3n) is 1.64. The fourth-order valence-corrected chi connectivity index (χ4v) is 1.10. The lowest BCUT2D eigenvalue weighted by atomic mass is 10.2. The molecule has 0 fully saturated rings. The van der Waals surface area contributed by atoms with Crippen molar-refractivity contribution in [2.45, 2.75) is 6.92 Å². The quantitative estimate of drug-likeness (QED) is 0.564. The number of aromatic nitrogens is 4. The second-order valence-electron chi connectivity index (χ2n) is 2.52. The molecule has 0 saturated heterocycles. The van der Waals surface area contributed by atoms with Gasteiger partial charge in [0.25, 0.3) is 0 Å². The topological polar surface area (TPSA) is 60.2 Å². The number of aryl methyl sites for hydroxylation is 1. The van der Waals surface area contributed by atoms with Gasteiger partial charge in [0.05, 0.1) is 0 Å². The summed E-state index contributed by atoms with van der Waals surface area (Å²) in [5, 5.41) is 10.9. The van der Waals surface area contributed by atoms with Gasteiger partial charge in [-0.2, -0.15) is 4.52 Å². The van der Waals surface area contributed by atoms with Gasteiger partial charge in [0.2, 0.25) is 0 Å². The summed E-state index contributed by atoms with van der Waals surface area (Å²) in [7, 11) is 0. The number of carbonyl (C=O) groups excluding carboxylic acids is 1. The number of pyridine rings is 1. The average Bonchev–Trinajstić information content (AvgIpc) is 2.52. The zero-order valence-electron chi connectivity index (χ0n) is 6.43. The van der Waals surface area contributed by atoms with Gasteiger partial charge in [-0.15, -0.1) is 5.10 Å². The molecule has 0 aliphatic carbocycles. The summed E-state index contributed by atoms with van der Waals surface area (Å²) < 4.78 is 1.49. The highest BCUT2D eigenvalue weighted by atomic mass is 16.1. The van der Waals surface area contributed by atoms with Crippen LogP contribution >= 0.6 is 0 Å². The Morgan fingerprint density at radius 1 is 1.58 bits per heavy atom. The first-order valence-corrected chi connectivity index (χ1v) is 3.45. The third kappa shape index (κ3) is 0.868. The summed E-state index contributed by atoms with van der Waals surface area (Å²) in [5.41, 5.74) is 2.15. The second kappa shape index (κ2) is 2.37. The predicted octanol–water partition coefficient (Wildman–Crippen LogP) is 0.245. The number of carbonyl (C=O) groups is 1. The number of hydrogen-bond acceptors (Lipinski definition) is 4. The van der Waals surface area contributed by atoms with E-state index in [2.05, 4.69) is 15.5 Å². The zero-order valence-corrected chi connectivity index (χ0v) is 6.43. The second-order valence-corrected chi connectivity index (χ2v) is 2.52. The molecule has 0 spiro atoms. The first-order chi connectivity index (χ1) is 5.81. The molecule has 0 bridgehead atoms. The van der Waals surface area contributed by atoms with Gasteiger partial charge in [-0.25, -0.2) is 0 Å². The Bertz CT molecular complexity index is 434. The summed E-state index contributed by atoms with van der Waals surface area (Å²) in [6.45, 7) is 1.86. The van der Waals surface area contributed by atoms with E-state index in [1.807, 2.05) is 6.92 Å². The molecule has 60 valence electrons. The number of tetrazole rings is 1. The van der Waals surface area contributed by atoms with Crippen LogP contribution in [0.4, 0.5) is 0 Å². The van der Waals surface area contributed by atoms with Gasteiger partial charge in [-0.05, 0) is 29.0 Å². The van der Waals surface area contributed by atoms with Crippen molar-refractivity contribution < 1.29 is 4.79 Å². The molecule has 2 heterocycles. The summed E-state index contributed by atoms with van der Waals surface area (Å²) in [4.78, 5) is 10.4. The molecule has 0 atom stereocenters. The van der Waals surface area contributed by atoms with Crippen LogP contribution in [0.3, 0.4) is 0 Å². The molecule has 0 N–H and O–H groups in total. The van der Waals surface area contributed by atoms with Crippen molar-refractivity contribution in [1.29, 1.82) is 0 Å². The standard InChI is InChI=1S/C7H6N4O/c1-5-2-6(4-12)3-11-7(5)8-9-10-11/h2-4H,1H3. The highest BCUT2D eigenvalue weighted by Gasteiger charge is 2.02. The minimum Gasteiger partial charge on any atom is -0.298 e. The van der Waals surface area contributed by atoms with Gasteiger partial charge < -0.3 is 0 Å². The van der Waals surface area contributed by atoms with E-state index < -0.39 is 0 Å². The maximum absolute atomic E-state index is 10.4. The smallest absolute Gasteiger partial charge is 0.182 e. The van der Waals surface area contributed by atoms with Crippen LogP contribution in [0.5, 0.6) is 0 Å². The molecule has 0 amide bonds. The molecule has 2 aromatic rings. The largest absolute Gasteiger partial charge is 0.298 e. The molecule has 5 nitrogen and oxygen atoms in total. The lowest BCUT2D eigenvalue weighted by Gasteiger charge is -1.95. The Hall–Kier alpha value is -1.78. The Morgan fingerprint density at radius 2 is 2.42 bits per heavy atom. The van der Waals surface area contributed by atoms with E-state index in [0.29, 0.717) is 11.2 Å². The lowest BCUT2D eigenvalue weighted by Crippen LogP contribution is -1.93. The number of rotatable bonds is 1. The Labute approximate surface area is 68.0 Å². The minimum atomic E-state index is 0.576. The van der Waals surface area contributed by atoms with Crippen LogP contribution in [-0.4, -0.2) is 26.3 Å². The lowest BCUT2D eigenvalue weighted by molar-refractivity contribution is 0.112. The van der Waals surface area contributed by atoms with Crippen LogP contribution in [0, 0.1) is 6.92 Å². The first-order valence-electron chi connectivity index (χ1n) is 3.45. The van der Waals surface area contributed by atoms with Crippen LogP contribution in [0.2, 0.25) is 0 Å². The summed E-state index contributed by atoms with van der Waals surface area (Å²) in [6, 6.07) is 1.75. The molecule has 0 unspecified atom stereocenters.